The third kappa shape index (κ3) is 3.16. The summed E-state index contributed by atoms with van der Waals surface area (Å²) in [6.45, 7) is 14.9. The van der Waals surface area contributed by atoms with Crippen molar-refractivity contribution in [3.63, 3.8) is 0 Å². The highest BCUT2D eigenvalue weighted by molar-refractivity contribution is 6.74. The molecule has 2 nitrogen and oxygen atoms in total. The molecule has 0 spiro atoms. The highest BCUT2D eigenvalue weighted by Crippen LogP contribution is 2.40. The average Bonchev–Trinajstić information content (AvgIpc) is 2.27. The van der Waals surface area contributed by atoms with Gasteiger partial charge in [0.15, 0.2) is 5.75 Å². The minimum atomic E-state index is -1.83. The first-order valence-electron chi connectivity index (χ1n) is 6.21. The fraction of sp³-hybridized carbons (Fsp3) is 0.467. The lowest BCUT2D eigenvalue weighted by Gasteiger charge is -2.36. The second kappa shape index (κ2) is 5.18. The van der Waals surface area contributed by atoms with Gasteiger partial charge in [0.2, 0.25) is 0 Å². The number of hydrogen-bond donors (Lipinski definition) is 0. The van der Waals surface area contributed by atoms with Crippen molar-refractivity contribution in [2.24, 2.45) is 0 Å². The fourth-order valence-corrected chi connectivity index (χ4v) is 2.35. The first-order chi connectivity index (χ1) is 8.21. The minimum absolute atomic E-state index is 0.176. The van der Waals surface area contributed by atoms with Gasteiger partial charge < -0.3 is 9.16 Å². The third-order valence-corrected chi connectivity index (χ3v) is 7.94. The molecule has 0 aliphatic rings. The zero-order chi connectivity index (χ0) is 14.0. The molecule has 1 rings (SSSR count). The van der Waals surface area contributed by atoms with Crippen LogP contribution in [0.15, 0.2) is 24.8 Å². The van der Waals surface area contributed by atoms with Crippen molar-refractivity contribution in [3.05, 3.63) is 30.3 Å². The molecule has 0 radical (unpaired) electrons. The Labute approximate surface area is 112 Å². The summed E-state index contributed by atoms with van der Waals surface area (Å²) in [7, 11) is -0.159. The highest BCUT2D eigenvalue weighted by Gasteiger charge is 2.39. The van der Waals surface area contributed by atoms with Gasteiger partial charge in [-0.05, 0) is 35.8 Å². The van der Waals surface area contributed by atoms with E-state index < -0.39 is 8.32 Å². The molecule has 0 aliphatic carbocycles. The van der Waals surface area contributed by atoms with E-state index in [1.54, 1.807) is 13.2 Å². The molecule has 0 aromatic heterocycles. The van der Waals surface area contributed by atoms with Crippen molar-refractivity contribution in [3.8, 4) is 11.5 Å². The Balaban J connectivity index is 3.08. The Morgan fingerprint density at radius 3 is 2.22 bits per heavy atom. The summed E-state index contributed by atoms with van der Waals surface area (Å²) in [6.07, 6.45) is 1.80. The van der Waals surface area contributed by atoms with Crippen molar-refractivity contribution in [2.75, 3.05) is 7.11 Å². The summed E-state index contributed by atoms with van der Waals surface area (Å²) in [4.78, 5) is 0. The van der Waals surface area contributed by atoms with Crippen molar-refractivity contribution in [2.45, 2.75) is 38.9 Å². The van der Waals surface area contributed by atoms with E-state index in [4.69, 9.17) is 9.16 Å². The molecule has 18 heavy (non-hydrogen) atoms. The van der Waals surface area contributed by atoms with Gasteiger partial charge in [-0.2, -0.15) is 0 Å². The molecule has 0 N–H and O–H groups in total. The lowest BCUT2D eigenvalue weighted by Crippen LogP contribution is -2.43. The van der Waals surface area contributed by atoms with Gasteiger partial charge in [-0.3, -0.25) is 0 Å². The quantitative estimate of drug-likeness (QED) is 0.732. The van der Waals surface area contributed by atoms with Gasteiger partial charge in [0, 0.05) is 0 Å². The number of hydrogen-bond acceptors (Lipinski definition) is 2. The second-order valence-corrected chi connectivity index (χ2v) is 10.7. The van der Waals surface area contributed by atoms with Gasteiger partial charge in [0.05, 0.1) is 7.11 Å². The molecule has 0 heterocycles. The van der Waals surface area contributed by atoms with Crippen LogP contribution in [0.5, 0.6) is 11.5 Å². The normalized spacial score (nSPS) is 12.1. The molecule has 0 aliphatic heterocycles. The van der Waals surface area contributed by atoms with E-state index in [1.165, 1.54) is 0 Å². The van der Waals surface area contributed by atoms with Gasteiger partial charge in [0.1, 0.15) is 5.75 Å². The van der Waals surface area contributed by atoms with Gasteiger partial charge in [-0.25, -0.2) is 0 Å². The molecule has 0 atom stereocenters. The monoisotopic (exact) mass is 264 g/mol. The summed E-state index contributed by atoms with van der Waals surface area (Å²) in [5.74, 6) is 1.60. The van der Waals surface area contributed by atoms with Gasteiger partial charge in [-0.1, -0.05) is 39.5 Å². The topological polar surface area (TPSA) is 18.5 Å². The largest absolute Gasteiger partial charge is 0.541 e. The molecule has 0 saturated carbocycles. The van der Waals surface area contributed by atoms with E-state index in [0.717, 1.165) is 17.1 Å². The van der Waals surface area contributed by atoms with Crippen LogP contribution in [-0.4, -0.2) is 15.4 Å². The highest BCUT2D eigenvalue weighted by atomic mass is 28.4. The van der Waals surface area contributed by atoms with Gasteiger partial charge in [0.25, 0.3) is 8.32 Å². The zero-order valence-corrected chi connectivity index (χ0v) is 13.3. The smallest absolute Gasteiger partial charge is 0.250 e. The molecule has 1 aromatic carbocycles. The van der Waals surface area contributed by atoms with E-state index in [2.05, 4.69) is 40.4 Å². The van der Waals surface area contributed by atoms with E-state index in [0.29, 0.717) is 0 Å². The Bertz CT molecular complexity index is 431. The molecule has 0 saturated heterocycles. The molecule has 0 fully saturated rings. The predicted octanol–water partition coefficient (Wildman–Crippen LogP) is 4.72. The van der Waals surface area contributed by atoms with E-state index >= 15 is 0 Å². The van der Waals surface area contributed by atoms with Crippen LogP contribution in [0, 0.1) is 0 Å². The molecule has 100 valence electrons. The zero-order valence-electron chi connectivity index (χ0n) is 12.3. The maximum atomic E-state index is 6.27. The van der Waals surface area contributed by atoms with Crippen LogP contribution in [0.3, 0.4) is 0 Å². The van der Waals surface area contributed by atoms with Crippen LogP contribution in [0.4, 0.5) is 0 Å². The van der Waals surface area contributed by atoms with Crippen LogP contribution in [0.25, 0.3) is 6.08 Å². The number of benzene rings is 1. The van der Waals surface area contributed by atoms with Gasteiger partial charge in [-0.15, -0.1) is 0 Å². The Morgan fingerprint density at radius 2 is 1.78 bits per heavy atom. The second-order valence-electron chi connectivity index (χ2n) is 5.98. The Morgan fingerprint density at radius 1 is 1.17 bits per heavy atom. The predicted molar refractivity (Wildman–Crippen MR) is 80.9 cm³/mol. The van der Waals surface area contributed by atoms with E-state index in [-0.39, 0.29) is 5.04 Å². The number of ether oxygens (including phenoxy) is 1. The molecule has 0 bridgehead atoms. The Hall–Kier alpha value is -1.22. The van der Waals surface area contributed by atoms with Crippen LogP contribution in [0.1, 0.15) is 26.3 Å². The standard InChI is InChI=1S/C15H24O2Si/c1-8-12-9-10-13(14(11-12)16-5)17-18(6,7)15(2,3)4/h8-11H,1H2,2-7H3. The molecule has 3 heteroatoms. The van der Waals surface area contributed by atoms with E-state index in [1.807, 2.05) is 18.2 Å². The molecular weight excluding hydrogens is 240 g/mol. The number of rotatable bonds is 4. The Kier molecular flexibility index (Phi) is 4.27. The maximum Gasteiger partial charge on any atom is 0.250 e. The van der Waals surface area contributed by atoms with Crippen molar-refractivity contribution in [1.82, 2.24) is 0 Å². The first kappa shape index (κ1) is 14.8. The summed E-state index contributed by atoms with van der Waals surface area (Å²) in [5.41, 5.74) is 1.04. The van der Waals surface area contributed by atoms with Crippen LogP contribution >= 0.6 is 0 Å². The van der Waals surface area contributed by atoms with Crippen molar-refractivity contribution in [1.29, 1.82) is 0 Å². The van der Waals surface area contributed by atoms with Crippen molar-refractivity contribution < 1.29 is 9.16 Å². The van der Waals surface area contributed by atoms with E-state index in [9.17, 15) is 0 Å². The molecule has 0 unspecified atom stereocenters. The third-order valence-electron chi connectivity index (χ3n) is 3.59. The van der Waals surface area contributed by atoms with Crippen LogP contribution in [-0.2, 0) is 0 Å². The minimum Gasteiger partial charge on any atom is -0.541 e. The fourth-order valence-electron chi connectivity index (χ4n) is 1.32. The van der Waals surface area contributed by atoms with Crippen molar-refractivity contribution >= 4 is 14.4 Å². The average molecular weight is 264 g/mol. The first-order valence-corrected chi connectivity index (χ1v) is 9.11. The summed E-state index contributed by atoms with van der Waals surface area (Å²) < 4.78 is 11.7. The molecule has 1 aromatic rings. The molecular formula is C15H24O2Si. The SMILES string of the molecule is C=Cc1ccc(O[Si](C)(C)C(C)(C)C)c(OC)c1. The molecule has 0 amide bonds. The van der Waals surface area contributed by atoms with Crippen LogP contribution in [0.2, 0.25) is 18.1 Å². The summed E-state index contributed by atoms with van der Waals surface area (Å²) in [6, 6.07) is 5.92. The number of methoxy groups -OCH3 is 1. The van der Waals surface area contributed by atoms with Crippen LogP contribution < -0.4 is 9.16 Å². The maximum absolute atomic E-state index is 6.27. The lowest BCUT2D eigenvalue weighted by atomic mass is 10.2. The lowest BCUT2D eigenvalue weighted by molar-refractivity contribution is 0.386. The summed E-state index contributed by atoms with van der Waals surface area (Å²) in [5, 5.41) is 0.176. The van der Waals surface area contributed by atoms with Gasteiger partial charge >= 0.3 is 0 Å². The summed E-state index contributed by atoms with van der Waals surface area (Å²) >= 11 is 0.